The average molecular weight is 382 g/mol. The highest BCUT2D eigenvalue weighted by molar-refractivity contribution is 7.90. The molecule has 1 heterocycles. The number of sulfone groups is 1. The lowest BCUT2D eigenvalue weighted by molar-refractivity contribution is -0.153. The quantitative estimate of drug-likeness (QED) is 0.622. The first-order valence-electron chi connectivity index (χ1n) is 8.27. The summed E-state index contributed by atoms with van der Waals surface area (Å²) in [5.41, 5.74) is 0.426. The second kappa shape index (κ2) is 7.45. The molecule has 0 radical (unpaired) electrons. The Balaban J connectivity index is 2.61. The summed E-state index contributed by atoms with van der Waals surface area (Å²) in [6.07, 6.45) is 1.64. The van der Waals surface area contributed by atoms with Gasteiger partial charge in [0.1, 0.15) is 6.04 Å². The highest BCUT2D eigenvalue weighted by atomic mass is 32.2. The number of hydrogen-bond acceptors (Lipinski definition) is 6. The maximum Gasteiger partial charge on any atom is 0.397 e. The lowest BCUT2D eigenvalue weighted by Crippen LogP contribution is -2.56. The predicted molar refractivity (Wildman–Crippen MR) is 95.5 cm³/mol. The highest BCUT2D eigenvalue weighted by Gasteiger charge is 2.42. The fourth-order valence-electron chi connectivity index (χ4n) is 2.79. The minimum Gasteiger partial charge on any atom is -0.459 e. The molecule has 2 rings (SSSR count). The van der Waals surface area contributed by atoms with Gasteiger partial charge < -0.3 is 10.1 Å². The third-order valence-electron chi connectivity index (χ3n) is 4.31. The minimum absolute atomic E-state index is 0.00192. The summed E-state index contributed by atoms with van der Waals surface area (Å²) in [5.74, 6) is -2.72. The molecule has 0 unspecified atom stereocenters. The van der Waals surface area contributed by atoms with Crippen molar-refractivity contribution in [3.8, 4) is 0 Å². The van der Waals surface area contributed by atoms with Crippen molar-refractivity contribution in [2.75, 3.05) is 23.1 Å². The average Bonchev–Trinajstić information content (AvgIpc) is 2.58. The van der Waals surface area contributed by atoms with Crippen molar-refractivity contribution < 1.29 is 27.5 Å². The lowest BCUT2D eigenvalue weighted by atomic mass is 9.93. The fourth-order valence-corrected chi connectivity index (χ4v) is 3.44. The molecule has 2 atom stereocenters. The van der Waals surface area contributed by atoms with Gasteiger partial charge in [0.25, 0.3) is 0 Å². The highest BCUT2D eigenvalue weighted by Crippen LogP contribution is 2.36. The standard InChI is InChI=1S/C17H22N2O6S/c1-5-10(3)14-15(20)18-12-9-11(26(4,23)24)7-8-13(12)19(14)16(21)17(22)25-6-2/h7-10,14H,5-6H2,1-4H3,(H,18,20)/t10-,14-/m0/s1. The molecule has 1 aliphatic rings. The third kappa shape index (κ3) is 3.72. The van der Waals surface area contributed by atoms with Crippen LogP contribution in [0.15, 0.2) is 23.1 Å². The van der Waals surface area contributed by atoms with Gasteiger partial charge in [0, 0.05) is 6.26 Å². The Labute approximate surface area is 152 Å². The Morgan fingerprint density at radius 2 is 1.96 bits per heavy atom. The molecule has 2 amide bonds. The maximum atomic E-state index is 12.7. The van der Waals surface area contributed by atoms with Crippen molar-refractivity contribution in [1.29, 1.82) is 0 Å². The van der Waals surface area contributed by atoms with Gasteiger partial charge in [-0.3, -0.25) is 14.5 Å². The summed E-state index contributed by atoms with van der Waals surface area (Å²) in [7, 11) is -3.50. The molecule has 8 nitrogen and oxygen atoms in total. The van der Waals surface area contributed by atoms with Crippen LogP contribution in [0.25, 0.3) is 0 Å². The number of esters is 1. The molecular weight excluding hydrogens is 360 g/mol. The van der Waals surface area contributed by atoms with Crippen LogP contribution in [0, 0.1) is 5.92 Å². The van der Waals surface area contributed by atoms with E-state index in [4.69, 9.17) is 4.74 Å². The number of fused-ring (bicyclic) bond motifs is 1. The Kier molecular flexibility index (Phi) is 5.70. The van der Waals surface area contributed by atoms with Gasteiger partial charge in [-0.25, -0.2) is 13.2 Å². The number of carbonyl (C=O) groups excluding carboxylic acids is 3. The van der Waals surface area contributed by atoms with Crippen molar-refractivity contribution in [3.63, 3.8) is 0 Å². The molecule has 0 aliphatic carbocycles. The molecule has 142 valence electrons. The van der Waals surface area contributed by atoms with Crippen LogP contribution in [0.3, 0.4) is 0 Å². The number of nitrogens with zero attached hydrogens (tertiary/aromatic N) is 1. The first kappa shape index (κ1) is 19.9. The first-order valence-corrected chi connectivity index (χ1v) is 10.2. The van der Waals surface area contributed by atoms with Crippen LogP contribution in [0.1, 0.15) is 27.2 Å². The lowest BCUT2D eigenvalue weighted by Gasteiger charge is -2.38. The topological polar surface area (TPSA) is 110 Å². The first-order chi connectivity index (χ1) is 12.1. The Bertz CT molecular complexity index is 849. The molecule has 1 aromatic carbocycles. The van der Waals surface area contributed by atoms with Gasteiger partial charge >= 0.3 is 11.9 Å². The maximum absolute atomic E-state index is 12.7. The van der Waals surface area contributed by atoms with Gasteiger partial charge in [-0.15, -0.1) is 0 Å². The molecule has 1 aromatic rings. The Morgan fingerprint density at radius 1 is 1.31 bits per heavy atom. The zero-order chi connectivity index (χ0) is 19.6. The summed E-state index contributed by atoms with van der Waals surface area (Å²) < 4.78 is 28.3. The van der Waals surface area contributed by atoms with Crippen LogP contribution in [0.4, 0.5) is 11.4 Å². The minimum atomic E-state index is -3.50. The van der Waals surface area contributed by atoms with E-state index >= 15 is 0 Å². The molecule has 1 N–H and O–H groups in total. The van der Waals surface area contributed by atoms with Crippen molar-refractivity contribution in [2.45, 2.75) is 38.1 Å². The van der Waals surface area contributed by atoms with E-state index in [0.717, 1.165) is 11.2 Å². The van der Waals surface area contributed by atoms with Gasteiger partial charge in [-0.2, -0.15) is 0 Å². The number of rotatable bonds is 4. The molecule has 0 spiro atoms. The number of ether oxygens (including phenoxy) is 1. The van der Waals surface area contributed by atoms with E-state index in [9.17, 15) is 22.8 Å². The smallest absolute Gasteiger partial charge is 0.397 e. The zero-order valence-corrected chi connectivity index (χ0v) is 15.9. The summed E-state index contributed by atoms with van der Waals surface area (Å²) in [4.78, 5) is 38.4. The number of amides is 2. The van der Waals surface area contributed by atoms with Crippen molar-refractivity contribution in [3.05, 3.63) is 18.2 Å². The van der Waals surface area contributed by atoms with Crippen molar-refractivity contribution in [1.82, 2.24) is 0 Å². The van der Waals surface area contributed by atoms with E-state index < -0.39 is 33.7 Å². The van der Waals surface area contributed by atoms with E-state index in [1.165, 1.54) is 18.2 Å². The molecule has 9 heteroatoms. The van der Waals surface area contributed by atoms with Crippen LogP contribution in [0.2, 0.25) is 0 Å². The van der Waals surface area contributed by atoms with Gasteiger partial charge in [-0.05, 0) is 31.0 Å². The van der Waals surface area contributed by atoms with E-state index in [1.807, 2.05) is 6.92 Å². The second-order valence-electron chi connectivity index (χ2n) is 6.17. The summed E-state index contributed by atoms with van der Waals surface area (Å²) >= 11 is 0. The van der Waals surface area contributed by atoms with Crippen LogP contribution < -0.4 is 10.2 Å². The van der Waals surface area contributed by atoms with Gasteiger partial charge in [0.15, 0.2) is 9.84 Å². The molecular formula is C17H22N2O6S. The number of nitrogens with one attached hydrogen (secondary N) is 1. The molecule has 1 aliphatic heterocycles. The van der Waals surface area contributed by atoms with Gasteiger partial charge in [0.2, 0.25) is 5.91 Å². The SMILES string of the molecule is CCOC(=O)C(=O)N1c2ccc(S(C)(=O)=O)cc2NC(=O)[C@@H]1[C@@H](C)CC. The summed E-state index contributed by atoms with van der Waals surface area (Å²) in [5, 5.41) is 2.64. The molecule has 0 bridgehead atoms. The van der Waals surface area contributed by atoms with E-state index in [2.05, 4.69) is 5.32 Å². The largest absolute Gasteiger partial charge is 0.459 e. The van der Waals surface area contributed by atoms with Crippen molar-refractivity contribution in [2.24, 2.45) is 5.92 Å². The molecule has 0 aromatic heterocycles. The number of hydrogen-bond donors (Lipinski definition) is 1. The number of anilines is 2. The van der Waals surface area contributed by atoms with E-state index in [1.54, 1.807) is 13.8 Å². The van der Waals surface area contributed by atoms with Gasteiger partial charge in [-0.1, -0.05) is 20.3 Å². The fraction of sp³-hybridized carbons (Fsp3) is 0.471. The van der Waals surface area contributed by atoms with Crippen LogP contribution in [-0.2, 0) is 29.0 Å². The van der Waals surface area contributed by atoms with Gasteiger partial charge in [0.05, 0.1) is 22.9 Å². The normalized spacial score (nSPS) is 17.9. The predicted octanol–water partition coefficient (Wildman–Crippen LogP) is 1.35. The summed E-state index contributed by atoms with van der Waals surface area (Å²) in [6.45, 7) is 5.27. The number of benzene rings is 1. The zero-order valence-electron chi connectivity index (χ0n) is 15.1. The van der Waals surface area contributed by atoms with E-state index in [0.29, 0.717) is 6.42 Å². The molecule has 0 saturated heterocycles. The third-order valence-corrected chi connectivity index (χ3v) is 5.42. The second-order valence-corrected chi connectivity index (χ2v) is 8.18. The van der Waals surface area contributed by atoms with Crippen LogP contribution >= 0.6 is 0 Å². The molecule has 26 heavy (non-hydrogen) atoms. The molecule has 0 fully saturated rings. The Hall–Kier alpha value is -2.42. The van der Waals surface area contributed by atoms with E-state index in [-0.39, 0.29) is 28.8 Å². The molecule has 0 saturated carbocycles. The number of carbonyl (C=O) groups is 3. The van der Waals surface area contributed by atoms with Crippen LogP contribution in [0.5, 0.6) is 0 Å². The Morgan fingerprint density at radius 3 is 2.50 bits per heavy atom. The summed E-state index contributed by atoms with van der Waals surface area (Å²) in [6, 6.07) is 3.14. The van der Waals surface area contributed by atoms with Crippen LogP contribution in [-0.4, -0.2) is 45.1 Å². The monoisotopic (exact) mass is 382 g/mol. The van der Waals surface area contributed by atoms with Crippen molar-refractivity contribution >= 4 is 39.0 Å².